The Morgan fingerprint density at radius 2 is 2.03 bits per heavy atom. The molecule has 1 aliphatic rings. The Hall–Kier alpha value is -2.73. The van der Waals surface area contributed by atoms with Crippen molar-refractivity contribution in [1.82, 2.24) is 15.2 Å². The third-order valence-corrected chi connectivity index (χ3v) is 5.32. The number of aliphatic imine (C=N–C) groups is 1. The van der Waals surface area contributed by atoms with Gasteiger partial charge in [0.1, 0.15) is 5.76 Å². The van der Waals surface area contributed by atoms with Crippen molar-refractivity contribution in [3.8, 4) is 0 Å². The van der Waals surface area contributed by atoms with Gasteiger partial charge in [0, 0.05) is 56.8 Å². The monoisotopic (exact) mass is 394 g/mol. The summed E-state index contributed by atoms with van der Waals surface area (Å²) in [5.74, 6) is 2.39. The molecule has 1 aliphatic heterocycles. The van der Waals surface area contributed by atoms with Crippen molar-refractivity contribution in [2.45, 2.75) is 25.8 Å². The number of benzene rings is 1. The lowest BCUT2D eigenvalue weighted by Gasteiger charge is -2.14. The highest BCUT2D eigenvalue weighted by Crippen LogP contribution is 2.15. The van der Waals surface area contributed by atoms with Crippen LogP contribution in [0.1, 0.15) is 18.6 Å². The minimum absolute atomic E-state index is 0.532. The van der Waals surface area contributed by atoms with Gasteiger partial charge in [0.05, 0.1) is 12.9 Å². The number of ether oxygens (including phenoxy) is 1. The highest BCUT2D eigenvalue weighted by atomic mass is 16.5. The molecule has 1 fully saturated rings. The Labute approximate surface area is 172 Å². The van der Waals surface area contributed by atoms with E-state index in [1.54, 1.807) is 6.26 Å². The van der Waals surface area contributed by atoms with Crippen molar-refractivity contribution in [3.05, 3.63) is 60.7 Å². The maximum Gasteiger partial charge on any atom is 0.191 e. The van der Waals surface area contributed by atoms with Crippen molar-refractivity contribution >= 4 is 16.9 Å². The average Bonchev–Trinajstić information content (AvgIpc) is 3.51. The molecule has 29 heavy (non-hydrogen) atoms. The second kappa shape index (κ2) is 10.2. The number of para-hydroxylation sites is 1. The Bertz CT molecular complexity index is 895. The normalized spacial score (nSPS) is 17.1. The van der Waals surface area contributed by atoms with Gasteiger partial charge < -0.3 is 24.4 Å². The van der Waals surface area contributed by atoms with Gasteiger partial charge in [-0.15, -0.1) is 0 Å². The number of fused-ring (bicyclic) bond motifs is 1. The van der Waals surface area contributed by atoms with Gasteiger partial charge in [-0.1, -0.05) is 18.2 Å². The van der Waals surface area contributed by atoms with Crippen LogP contribution >= 0.6 is 0 Å². The van der Waals surface area contributed by atoms with Crippen LogP contribution in [0.5, 0.6) is 0 Å². The molecule has 1 aromatic carbocycles. The van der Waals surface area contributed by atoms with Crippen LogP contribution in [0.25, 0.3) is 10.9 Å². The largest absolute Gasteiger partial charge is 0.469 e. The molecule has 6 nitrogen and oxygen atoms in total. The first-order chi connectivity index (χ1) is 14.4. The molecule has 0 spiro atoms. The first-order valence-electron chi connectivity index (χ1n) is 10.5. The zero-order valence-corrected chi connectivity index (χ0v) is 16.8. The zero-order valence-electron chi connectivity index (χ0n) is 16.8. The number of aromatic nitrogens is 1. The summed E-state index contributed by atoms with van der Waals surface area (Å²) >= 11 is 0. The fraction of sp³-hybridized carbons (Fsp3) is 0.435. The number of nitrogens with zero attached hydrogens (tertiary/aromatic N) is 2. The van der Waals surface area contributed by atoms with E-state index in [1.807, 2.05) is 12.1 Å². The molecule has 0 amide bonds. The van der Waals surface area contributed by atoms with Gasteiger partial charge in [-0.25, -0.2) is 0 Å². The van der Waals surface area contributed by atoms with Crippen molar-refractivity contribution in [2.24, 2.45) is 10.9 Å². The number of rotatable bonds is 9. The Balaban J connectivity index is 1.26. The van der Waals surface area contributed by atoms with Crippen LogP contribution in [0.15, 0.2) is 64.3 Å². The van der Waals surface area contributed by atoms with E-state index >= 15 is 0 Å². The Kier molecular flexibility index (Phi) is 6.86. The average molecular weight is 395 g/mol. The van der Waals surface area contributed by atoms with Crippen molar-refractivity contribution in [3.63, 3.8) is 0 Å². The third-order valence-electron chi connectivity index (χ3n) is 5.32. The lowest BCUT2D eigenvalue weighted by molar-refractivity contribution is 0.187. The predicted octanol–water partition coefficient (Wildman–Crippen LogP) is 3.44. The van der Waals surface area contributed by atoms with E-state index in [4.69, 9.17) is 14.1 Å². The van der Waals surface area contributed by atoms with Crippen molar-refractivity contribution in [1.29, 1.82) is 0 Å². The fourth-order valence-corrected chi connectivity index (χ4v) is 3.67. The summed E-state index contributed by atoms with van der Waals surface area (Å²) in [7, 11) is 0. The number of aryl methyl sites for hydroxylation is 1. The van der Waals surface area contributed by atoms with E-state index in [2.05, 4.69) is 51.7 Å². The van der Waals surface area contributed by atoms with Crippen LogP contribution in [-0.4, -0.2) is 43.4 Å². The lowest BCUT2D eigenvalue weighted by Crippen LogP contribution is -2.39. The maximum absolute atomic E-state index is 5.47. The quantitative estimate of drug-likeness (QED) is 0.332. The highest BCUT2D eigenvalue weighted by Gasteiger charge is 2.15. The van der Waals surface area contributed by atoms with Crippen molar-refractivity contribution in [2.75, 3.05) is 32.8 Å². The second-order valence-corrected chi connectivity index (χ2v) is 7.52. The maximum atomic E-state index is 5.47. The van der Waals surface area contributed by atoms with Crippen LogP contribution in [0.4, 0.5) is 0 Å². The van der Waals surface area contributed by atoms with E-state index in [0.717, 1.165) is 70.4 Å². The number of furan rings is 1. The Morgan fingerprint density at radius 3 is 2.90 bits per heavy atom. The van der Waals surface area contributed by atoms with Crippen LogP contribution in [0.3, 0.4) is 0 Å². The van der Waals surface area contributed by atoms with Gasteiger partial charge >= 0.3 is 0 Å². The zero-order chi connectivity index (χ0) is 19.7. The Morgan fingerprint density at radius 1 is 1.10 bits per heavy atom. The van der Waals surface area contributed by atoms with Gasteiger partial charge in [0.25, 0.3) is 0 Å². The minimum Gasteiger partial charge on any atom is -0.469 e. The lowest BCUT2D eigenvalue weighted by atomic mass is 10.1. The minimum atomic E-state index is 0.532. The molecule has 1 saturated heterocycles. The molecular formula is C23H30N4O2. The van der Waals surface area contributed by atoms with Gasteiger partial charge in [-0.3, -0.25) is 4.99 Å². The van der Waals surface area contributed by atoms with Gasteiger partial charge in [0.2, 0.25) is 0 Å². The van der Waals surface area contributed by atoms with Crippen LogP contribution in [0, 0.1) is 5.92 Å². The van der Waals surface area contributed by atoms with Crippen LogP contribution in [0.2, 0.25) is 0 Å². The van der Waals surface area contributed by atoms with Crippen molar-refractivity contribution < 1.29 is 9.15 Å². The van der Waals surface area contributed by atoms with Gasteiger partial charge in [-0.2, -0.15) is 0 Å². The van der Waals surface area contributed by atoms with Gasteiger partial charge in [0.15, 0.2) is 5.96 Å². The standard InChI is InChI=1S/C23H30N4O2/c1-2-7-22-20(5-1)9-14-27(22)13-4-11-24-23(26-17-19-10-16-28-18-19)25-12-8-21-6-3-15-29-21/h1-3,5-7,9,14-15,19H,4,8,10-13,16-18H2,(H2,24,25,26). The molecule has 6 heteroatoms. The van der Waals surface area contributed by atoms with E-state index in [9.17, 15) is 0 Å². The molecule has 1 unspecified atom stereocenters. The predicted molar refractivity (Wildman–Crippen MR) is 116 cm³/mol. The smallest absolute Gasteiger partial charge is 0.191 e. The second-order valence-electron chi connectivity index (χ2n) is 7.52. The number of guanidine groups is 1. The van der Waals surface area contributed by atoms with Crippen LogP contribution < -0.4 is 10.6 Å². The summed E-state index contributed by atoms with van der Waals surface area (Å²) in [5.41, 5.74) is 1.29. The number of nitrogens with one attached hydrogen (secondary N) is 2. The molecule has 1 atom stereocenters. The summed E-state index contributed by atoms with van der Waals surface area (Å²) in [4.78, 5) is 4.79. The molecule has 3 aromatic rings. The molecule has 154 valence electrons. The molecule has 0 aliphatic carbocycles. The topological polar surface area (TPSA) is 63.7 Å². The fourth-order valence-electron chi connectivity index (χ4n) is 3.67. The third kappa shape index (κ3) is 5.64. The van der Waals surface area contributed by atoms with Gasteiger partial charge in [-0.05, 0) is 42.5 Å². The molecule has 0 bridgehead atoms. The molecular weight excluding hydrogens is 364 g/mol. The van der Waals surface area contributed by atoms with E-state index in [-0.39, 0.29) is 0 Å². The summed E-state index contributed by atoms with van der Waals surface area (Å²) in [6.07, 6.45) is 6.86. The first-order valence-corrected chi connectivity index (χ1v) is 10.5. The molecule has 0 radical (unpaired) electrons. The summed E-state index contributed by atoms with van der Waals surface area (Å²) in [6.45, 7) is 5.14. The van der Waals surface area contributed by atoms with E-state index in [1.165, 1.54) is 10.9 Å². The van der Waals surface area contributed by atoms with Crippen LogP contribution in [-0.2, 0) is 17.7 Å². The summed E-state index contributed by atoms with van der Waals surface area (Å²) < 4.78 is 13.2. The van der Waals surface area contributed by atoms with E-state index in [0.29, 0.717) is 5.92 Å². The molecule has 0 saturated carbocycles. The molecule has 2 aromatic heterocycles. The highest BCUT2D eigenvalue weighted by molar-refractivity contribution is 5.80. The SMILES string of the molecule is c1coc(CCNC(=NCC2CCOC2)NCCCn2ccc3ccccc32)c1. The first kappa shape index (κ1) is 19.6. The summed E-state index contributed by atoms with van der Waals surface area (Å²) in [5, 5.41) is 8.22. The molecule has 4 rings (SSSR count). The molecule has 2 N–H and O–H groups in total. The van der Waals surface area contributed by atoms with E-state index < -0.39 is 0 Å². The number of hydrogen-bond donors (Lipinski definition) is 2. The molecule has 3 heterocycles. The number of hydrogen-bond acceptors (Lipinski definition) is 3. The summed E-state index contributed by atoms with van der Waals surface area (Å²) in [6, 6.07) is 14.6.